The average molecular weight is 407 g/mol. The number of rotatable bonds is 5. The Balaban J connectivity index is 2.18. The smallest absolute Gasteiger partial charge is 0.204 e. The molecule has 1 unspecified atom stereocenters. The standard InChI is InChI=1S/C19H13ClF2N2O2S/c20-15-6-5-14(27-15)19(26)16(18(25)10-2-1-7-24-9-10)17(23)12-4-3-11(21)8-13(12)22/h1-9,18,25H,23H2. The molecule has 0 spiro atoms. The molecule has 0 fully saturated rings. The lowest BCUT2D eigenvalue weighted by Gasteiger charge is -2.17. The number of hydrogen-bond acceptors (Lipinski definition) is 5. The van der Waals surface area contributed by atoms with Crippen molar-refractivity contribution in [3.8, 4) is 0 Å². The number of aliphatic hydroxyl groups excluding tert-OH is 1. The maximum absolute atomic E-state index is 14.2. The molecule has 0 aliphatic rings. The summed E-state index contributed by atoms with van der Waals surface area (Å²) in [5.74, 6) is -2.33. The van der Waals surface area contributed by atoms with Gasteiger partial charge in [-0.15, -0.1) is 11.3 Å². The van der Waals surface area contributed by atoms with Crippen LogP contribution in [0.15, 0.2) is 60.4 Å². The van der Waals surface area contributed by atoms with Crippen LogP contribution in [0.1, 0.15) is 26.9 Å². The number of pyridine rings is 1. The number of benzene rings is 1. The second-order valence-corrected chi connectivity index (χ2v) is 7.29. The van der Waals surface area contributed by atoms with Crippen molar-refractivity contribution in [3.05, 3.63) is 92.4 Å². The molecule has 2 aromatic heterocycles. The van der Waals surface area contributed by atoms with Crippen LogP contribution in [0.2, 0.25) is 4.34 Å². The van der Waals surface area contributed by atoms with Gasteiger partial charge < -0.3 is 10.8 Å². The quantitative estimate of drug-likeness (QED) is 0.487. The van der Waals surface area contributed by atoms with Crippen LogP contribution in [0.25, 0.3) is 5.70 Å². The van der Waals surface area contributed by atoms with E-state index in [-0.39, 0.29) is 21.7 Å². The molecule has 3 N–H and O–H groups in total. The van der Waals surface area contributed by atoms with Gasteiger partial charge in [0.05, 0.1) is 20.5 Å². The SMILES string of the molecule is NC(=C(C(=O)c1ccc(Cl)s1)C(O)c1cccnc1)c1ccc(F)cc1F. The van der Waals surface area contributed by atoms with Crippen LogP contribution in [-0.4, -0.2) is 15.9 Å². The second-order valence-electron chi connectivity index (χ2n) is 5.57. The summed E-state index contributed by atoms with van der Waals surface area (Å²) in [4.78, 5) is 17.1. The molecular formula is C19H13ClF2N2O2S. The minimum Gasteiger partial charge on any atom is -0.398 e. The van der Waals surface area contributed by atoms with E-state index in [1.165, 1.54) is 24.5 Å². The van der Waals surface area contributed by atoms with Gasteiger partial charge in [0.1, 0.15) is 17.7 Å². The highest BCUT2D eigenvalue weighted by Gasteiger charge is 2.27. The summed E-state index contributed by atoms with van der Waals surface area (Å²) >= 11 is 6.89. The Hall–Kier alpha value is -2.61. The van der Waals surface area contributed by atoms with Gasteiger partial charge in [-0.25, -0.2) is 8.78 Å². The summed E-state index contributed by atoms with van der Waals surface area (Å²) in [5.41, 5.74) is 5.63. The van der Waals surface area contributed by atoms with Gasteiger partial charge in [0.2, 0.25) is 5.78 Å². The van der Waals surface area contributed by atoms with Gasteiger partial charge in [-0.3, -0.25) is 9.78 Å². The largest absolute Gasteiger partial charge is 0.398 e. The van der Waals surface area contributed by atoms with Gasteiger partial charge in [-0.2, -0.15) is 0 Å². The number of hydrogen-bond donors (Lipinski definition) is 2. The number of carbonyl (C=O) groups excluding carboxylic acids is 1. The average Bonchev–Trinajstić information content (AvgIpc) is 3.08. The van der Waals surface area contributed by atoms with Crippen molar-refractivity contribution in [1.29, 1.82) is 0 Å². The van der Waals surface area contributed by atoms with E-state index in [1.54, 1.807) is 12.1 Å². The van der Waals surface area contributed by atoms with Gasteiger partial charge in [0, 0.05) is 29.6 Å². The van der Waals surface area contributed by atoms with Crippen molar-refractivity contribution in [2.45, 2.75) is 6.10 Å². The first-order chi connectivity index (χ1) is 12.9. The molecule has 0 saturated carbocycles. The van der Waals surface area contributed by atoms with Crippen LogP contribution in [0, 0.1) is 11.6 Å². The minimum absolute atomic E-state index is 0.189. The molecule has 3 aromatic rings. The monoisotopic (exact) mass is 406 g/mol. The third-order valence-electron chi connectivity index (χ3n) is 3.83. The van der Waals surface area contributed by atoms with Crippen molar-refractivity contribution in [3.63, 3.8) is 0 Å². The first-order valence-electron chi connectivity index (χ1n) is 7.71. The lowest BCUT2D eigenvalue weighted by atomic mass is 9.93. The van der Waals surface area contributed by atoms with E-state index in [9.17, 15) is 18.7 Å². The summed E-state index contributed by atoms with van der Waals surface area (Å²) in [7, 11) is 0. The highest BCUT2D eigenvalue weighted by molar-refractivity contribution is 7.18. The van der Waals surface area contributed by atoms with E-state index in [0.29, 0.717) is 16.0 Å². The molecule has 0 amide bonds. The van der Waals surface area contributed by atoms with Crippen molar-refractivity contribution in [2.24, 2.45) is 5.73 Å². The third-order valence-corrected chi connectivity index (χ3v) is 5.06. The van der Waals surface area contributed by atoms with Gasteiger partial charge in [0.25, 0.3) is 0 Å². The van der Waals surface area contributed by atoms with E-state index in [4.69, 9.17) is 17.3 Å². The van der Waals surface area contributed by atoms with Crippen LogP contribution < -0.4 is 5.73 Å². The zero-order valence-corrected chi connectivity index (χ0v) is 15.3. The number of nitrogens with two attached hydrogens (primary N) is 1. The Morgan fingerprint density at radius 2 is 2.00 bits per heavy atom. The topological polar surface area (TPSA) is 76.2 Å². The molecule has 4 nitrogen and oxygen atoms in total. The predicted octanol–water partition coefficient (Wildman–Crippen LogP) is 4.36. The Kier molecular flexibility index (Phi) is 5.65. The van der Waals surface area contributed by atoms with Gasteiger partial charge in [-0.05, 0) is 30.3 Å². The predicted molar refractivity (Wildman–Crippen MR) is 100 cm³/mol. The van der Waals surface area contributed by atoms with Crippen molar-refractivity contribution in [1.82, 2.24) is 4.98 Å². The van der Waals surface area contributed by atoms with Crippen LogP contribution in [-0.2, 0) is 0 Å². The molecule has 1 atom stereocenters. The molecule has 0 aliphatic carbocycles. The summed E-state index contributed by atoms with van der Waals surface area (Å²) in [6.45, 7) is 0. The molecule has 0 saturated heterocycles. The highest BCUT2D eigenvalue weighted by atomic mass is 35.5. The molecule has 1 aromatic carbocycles. The molecule has 3 rings (SSSR count). The lowest BCUT2D eigenvalue weighted by molar-refractivity contribution is 0.0992. The van der Waals surface area contributed by atoms with E-state index < -0.39 is 23.5 Å². The summed E-state index contributed by atoms with van der Waals surface area (Å²) in [6, 6.07) is 8.94. The fourth-order valence-electron chi connectivity index (χ4n) is 2.52. The molecule has 2 heterocycles. The lowest BCUT2D eigenvalue weighted by Crippen LogP contribution is -2.18. The Labute approximate surface area is 162 Å². The van der Waals surface area contributed by atoms with Crippen molar-refractivity contribution >= 4 is 34.4 Å². The molecule has 0 radical (unpaired) electrons. The number of ketones is 1. The Bertz CT molecular complexity index is 1020. The normalized spacial score (nSPS) is 13.2. The van der Waals surface area contributed by atoms with E-state index in [2.05, 4.69) is 4.98 Å². The number of aromatic nitrogens is 1. The van der Waals surface area contributed by atoms with Crippen molar-refractivity contribution < 1.29 is 18.7 Å². The van der Waals surface area contributed by atoms with Crippen molar-refractivity contribution in [2.75, 3.05) is 0 Å². The van der Waals surface area contributed by atoms with E-state index >= 15 is 0 Å². The maximum Gasteiger partial charge on any atom is 0.204 e. The third kappa shape index (κ3) is 4.05. The minimum atomic E-state index is -1.46. The van der Waals surface area contributed by atoms with Crippen LogP contribution in [0.3, 0.4) is 0 Å². The fourth-order valence-corrected chi connectivity index (χ4v) is 3.52. The number of carbonyl (C=O) groups is 1. The van der Waals surface area contributed by atoms with Gasteiger partial charge >= 0.3 is 0 Å². The number of nitrogens with zero attached hydrogens (tertiary/aromatic N) is 1. The first kappa shape index (κ1) is 19.2. The number of Topliss-reactive ketones (excluding diaryl/α,β-unsaturated/α-hetero) is 1. The summed E-state index contributed by atoms with van der Waals surface area (Å²) in [5, 5.41) is 10.8. The van der Waals surface area contributed by atoms with E-state index in [0.717, 1.165) is 23.5 Å². The highest BCUT2D eigenvalue weighted by Crippen LogP contribution is 2.33. The second kappa shape index (κ2) is 7.96. The number of thiophene rings is 1. The molecule has 0 aliphatic heterocycles. The molecular weight excluding hydrogens is 394 g/mol. The van der Waals surface area contributed by atoms with E-state index in [1.807, 2.05) is 0 Å². The van der Waals surface area contributed by atoms with Gasteiger partial charge in [-0.1, -0.05) is 17.7 Å². The molecule has 138 valence electrons. The zero-order chi connectivity index (χ0) is 19.6. The number of aliphatic hydroxyl groups is 1. The molecule has 27 heavy (non-hydrogen) atoms. The summed E-state index contributed by atoms with van der Waals surface area (Å²) in [6.07, 6.45) is 1.41. The fraction of sp³-hybridized carbons (Fsp3) is 0.0526. The molecule has 0 bridgehead atoms. The first-order valence-corrected chi connectivity index (χ1v) is 8.91. The summed E-state index contributed by atoms with van der Waals surface area (Å²) < 4.78 is 27.8. The zero-order valence-electron chi connectivity index (χ0n) is 13.7. The van der Waals surface area contributed by atoms with Crippen LogP contribution >= 0.6 is 22.9 Å². The van der Waals surface area contributed by atoms with Gasteiger partial charge in [0.15, 0.2) is 0 Å². The maximum atomic E-state index is 14.2. The van der Waals surface area contributed by atoms with Crippen LogP contribution in [0.4, 0.5) is 8.78 Å². The Morgan fingerprint density at radius 1 is 1.22 bits per heavy atom. The van der Waals surface area contributed by atoms with Crippen LogP contribution in [0.5, 0.6) is 0 Å². The Morgan fingerprint density at radius 3 is 2.59 bits per heavy atom. The molecule has 8 heteroatoms. The number of halogens is 3.